The number of benzene rings is 8. The van der Waals surface area contributed by atoms with Crippen molar-refractivity contribution < 1.29 is 0 Å². The monoisotopic (exact) mass is 748 g/mol. The Balaban J connectivity index is 1.30. The van der Waals surface area contributed by atoms with Gasteiger partial charge in [0.2, 0.25) is 0 Å². The van der Waals surface area contributed by atoms with Crippen molar-refractivity contribution in [3.05, 3.63) is 206 Å². The Morgan fingerprint density at radius 1 is 0.327 bits per heavy atom. The summed E-state index contributed by atoms with van der Waals surface area (Å²) in [5.74, 6) is 0. The molecule has 55 heavy (non-hydrogen) atoms. The van der Waals surface area contributed by atoms with E-state index < -0.39 is 14.5 Å². The zero-order valence-corrected chi connectivity index (χ0v) is 33.6. The molecule has 1 heterocycles. The van der Waals surface area contributed by atoms with E-state index in [0.29, 0.717) is 0 Å². The molecule has 0 spiro atoms. The summed E-state index contributed by atoms with van der Waals surface area (Å²) in [7, 11) is -3.06. The molecule has 0 saturated heterocycles. The van der Waals surface area contributed by atoms with E-state index in [4.69, 9.17) is 0 Å². The minimum atomic E-state index is -2.67. The average Bonchev–Trinajstić information content (AvgIpc) is 3.26. The minimum absolute atomic E-state index is 1.17. The Hall–Kier alpha value is -5.78. The van der Waals surface area contributed by atoms with Crippen LogP contribution in [0.15, 0.2) is 206 Å². The summed E-state index contributed by atoms with van der Waals surface area (Å²) in [6, 6.07) is 76.6. The number of nitrogens with zero attached hydrogens (tertiary/aromatic N) is 1. The van der Waals surface area contributed by atoms with E-state index in [1.807, 2.05) is 0 Å². The summed E-state index contributed by atoms with van der Waals surface area (Å²) in [5.41, 5.74) is 9.75. The summed E-state index contributed by atoms with van der Waals surface area (Å²) in [6.07, 6.45) is 0. The van der Waals surface area contributed by atoms with Gasteiger partial charge in [0.15, 0.2) is 0 Å². The van der Waals surface area contributed by atoms with E-state index in [1.54, 1.807) is 0 Å². The normalized spacial score (nSPS) is 15.3. The molecule has 0 aliphatic carbocycles. The maximum absolute atomic E-state index is 4.11. The number of hydrogen-bond acceptors (Lipinski definition) is 2. The Kier molecular flexibility index (Phi) is 9.19. The molecule has 1 N–H and O–H groups in total. The average molecular weight is 749 g/mol. The standard InChI is InChI=1S/C51H46N2P2/c1-53-46-24-12-16-28-50(46)54(2,42-34-30-40(31-35-42)38-18-6-4-7-19-38)48-26-14-10-22-44(48)52-45-23-11-15-27-49(45)55(3,51-29-17-13-25-47(51)53)43-36-32-41(33-37-43)39-20-8-5-9-21-39/h4-37,52,54-55H,1-3H3. The van der Waals surface area contributed by atoms with E-state index in [-0.39, 0.29) is 0 Å². The summed E-state index contributed by atoms with van der Waals surface area (Å²) in [6.45, 7) is 5.07. The third kappa shape index (κ3) is 6.07. The zero-order valence-electron chi connectivity index (χ0n) is 31.6. The van der Waals surface area contributed by atoms with Gasteiger partial charge in [-0.15, -0.1) is 0 Å². The predicted molar refractivity (Wildman–Crippen MR) is 247 cm³/mol. The number of nitrogens with one attached hydrogen (secondary N) is 1. The first kappa shape index (κ1) is 35.0. The van der Waals surface area contributed by atoms with Crippen LogP contribution in [0.4, 0.5) is 22.7 Å². The van der Waals surface area contributed by atoms with Gasteiger partial charge in [-0.2, -0.15) is 0 Å². The molecule has 8 aromatic carbocycles. The summed E-state index contributed by atoms with van der Waals surface area (Å²) in [5, 5.41) is 12.4. The molecule has 0 unspecified atom stereocenters. The first-order valence-electron chi connectivity index (χ1n) is 19.2. The molecule has 0 fully saturated rings. The third-order valence-electron chi connectivity index (χ3n) is 11.9. The van der Waals surface area contributed by atoms with Crippen molar-refractivity contribution in [3.8, 4) is 22.3 Å². The van der Waals surface area contributed by atoms with E-state index in [9.17, 15) is 0 Å². The van der Waals surface area contributed by atoms with Crippen molar-refractivity contribution in [3.63, 3.8) is 0 Å². The molecule has 0 saturated carbocycles. The molecule has 0 radical (unpaired) electrons. The van der Waals surface area contributed by atoms with Gasteiger partial charge in [0, 0.05) is 0 Å². The van der Waals surface area contributed by atoms with Crippen molar-refractivity contribution in [1.29, 1.82) is 0 Å². The van der Waals surface area contributed by atoms with E-state index in [2.05, 4.69) is 237 Å². The molecule has 4 heteroatoms. The molecule has 2 nitrogen and oxygen atoms in total. The Labute approximate surface area is 326 Å². The van der Waals surface area contributed by atoms with Crippen LogP contribution < -0.4 is 42.0 Å². The molecule has 1 aliphatic heterocycles. The van der Waals surface area contributed by atoms with Crippen LogP contribution in [0.5, 0.6) is 0 Å². The number of hydrogen-bond donors (Lipinski definition) is 1. The summed E-state index contributed by atoms with van der Waals surface area (Å²) >= 11 is 0. The molecule has 0 atom stereocenters. The quantitative estimate of drug-likeness (QED) is 0.180. The molecule has 0 bridgehead atoms. The molecule has 270 valence electrons. The second-order valence-corrected chi connectivity index (χ2v) is 22.8. The predicted octanol–water partition coefficient (Wildman–Crippen LogP) is 10.2. The molecular weight excluding hydrogens is 703 g/mol. The fraction of sp³-hybridized carbons (Fsp3) is 0.0588. The number of rotatable bonds is 4. The molecule has 9 rings (SSSR count). The second-order valence-electron chi connectivity index (χ2n) is 14.9. The zero-order chi connectivity index (χ0) is 37.4. The van der Waals surface area contributed by atoms with Crippen molar-refractivity contribution in [2.24, 2.45) is 0 Å². The van der Waals surface area contributed by atoms with Crippen LogP contribution in [0.2, 0.25) is 0 Å². The maximum atomic E-state index is 4.11. The van der Waals surface area contributed by atoms with Crippen LogP contribution in [0.1, 0.15) is 0 Å². The van der Waals surface area contributed by atoms with Crippen LogP contribution in [0, 0.1) is 0 Å². The first-order valence-corrected chi connectivity index (χ1v) is 24.2. The van der Waals surface area contributed by atoms with Gasteiger partial charge in [0.25, 0.3) is 0 Å². The SMILES string of the molecule is CN1c2ccccc2[PH](C)(c2ccc(-c3ccccc3)cc2)c2ccccc2Nc2ccccc2[PH](C)(c2ccc(-c3ccccc3)cc2)c2ccccc21. The summed E-state index contributed by atoms with van der Waals surface area (Å²) < 4.78 is 0. The molecule has 8 aromatic rings. The number of anilines is 4. The van der Waals surface area contributed by atoms with Gasteiger partial charge < -0.3 is 0 Å². The topological polar surface area (TPSA) is 15.3 Å². The van der Waals surface area contributed by atoms with Crippen LogP contribution in [-0.2, 0) is 0 Å². The first-order chi connectivity index (χ1) is 27.0. The van der Waals surface area contributed by atoms with Gasteiger partial charge in [0.05, 0.1) is 0 Å². The van der Waals surface area contributed by atoms with Crippen molar-refractivity contribution in [2.45, 2.75) is 0 Å². The van der Waals surface area contributed by atoms with Gasteiger partial charge in [-0.3, -0.25) is 0 Å². The van der Waals surface area contributed by atoms with E-state index in [1.165, 1.54) is 76.8 Å². The van der Waals surface area contributed by atoms with Crippen LogP contribution in [-0.4, -0.2) is 20.4 Å². The Morgan fingerprint density at radius 2 is 0.636 bits per heavy atom. The van der Waals surface area contributed by atoms with Gasteiger partial charge in [-0.05, 0) is 0 Å². The number of fused-ring (bicyclic) bond motifs is 4. The number of para-hydroxylation sites is 4. The fourth-order valence-corrected chi connectivity index (χ4v) is 17.0. The van der Waals surface area contributed by atoms with Crippen molar-refractivity contribution in [2.75, 3.05) is 30.6 Å². The van der Waals surface area contributed by atoms with Gasteiger partial charge in [0.1, 0.15) is 0 Å². The molecule has 1 aliphatic rings. The van der Waals surface area contributed by atoms with E-state index in [0.717, 1.165) is 0 Å². The molecule has 0 amide bonds. The van der Waals surface area contributed by atoms with Crippen LogP contribution >= 0.6 is 14.5 Å². The molecule has 0 aromatic heterocycles. The Bertz CT molecular complexity index is 2420. The van der Waals surface area contributed by atoms with Gasteiger partial charge in [-0.25, -0.2) is 0 Å². The third-order valence-corrected chi connectivity index (χ3v) is 21.0. The van der Waals surface area contributed by atoms with E-state index >= 15 is 0 Å². The van der Waals surface area contributed by atoms with Crippen molar-refractivity contribution >= 4 is 69.1 Å². The molecular formula is C51H46N2P2. The fourth-order valence-electron chi connectivity index (χ4n) is 8.87. The second kappa shape index (κ2) is 14.5. The van der Waals surface area contributed by atoms with Gasteiger partial charge >= 0.3 is 328 Å². The summed E-state index contributed by atoms with van der Waals surface area (Å²) in [4.78, 5) is 2.48. The van der Waals surface area contributed by atoms with Gasteiger partial charge in [-0.1, -0.05) is 0 Å². The van der Waals surface area contributed by atoms with Crippen LogP contribution in [0.25, 0.3) is 22.3 Å². The Morgan fingerprint density at radius 3 is 1.04 bits per heavy atom. The van der Waals surface area contributed by atoms with Crippen molar-refractivity contribution in [1.82, 2.24) is 0 Å². The van der Waals surface area contributed by atoms with Crippen LogP contribution in [0.3, 0.4) is 0 Å².